The Balaban J connectivity index is 2.09. The molecule has 8 heteroatoms. The van der Waals surface area contributed by atoms with Gasteiger partial charge in [0.2, 0.25) is 0 Å². The summed E-state index contributed by atoms with van der Waals surface area (Å²) < 4.78 is 1.97. The number of carbonyl (C=O) groups is 1. The highest BCUT2D eigenvalue weighted by Crippen LogP contribution is 2.20. The van der Waals surface area contributed by atoms with Crippen LogP contribution in [0.25, 0.3) is 0 Å². The summed E-state index contributed by atoms with van der Waals surface area (Å²) in [6.07, 6.45) is 2.78. The van der Waals surface area contributed by atoms with Crippen LogP contribution in [-0.2, 0) is 7.05 Å². The van der Waals surface area contributed by atoms with E-state index in [4.69, 9.17) is 5.11 Å². The van der Waals surface area contributed by atoms with Crippen molar-refractivity contribution in [3.05, 3.63) is 40.1 Å². The van der Waals surface area contributed by atoms with Gasteiger partial charge in [-0.25, -0.2) is 5.43 Å². The van der Waals surface area contributed by atoms with E-state index in [0.717, 1.165) is 0 Å². The van der Waals surface area contributed by atoms with Crippen LogP contribution in [0.2, 0.25) is 0 Å². The highest BCUT2D eigenvalue weighted by molar-refractivity contribution is 9.10. The van der Waals surface area contributed by atoms with Gasteiger partial charge in [-0.1, -0.05) is 0 Å². The van der Waals surface area contributed by atoms with Crippen molar-refractivity contribution >= 4 is 28.1 Å². The number of aromatic hydroxyl groups is 2. The first-order valence-corrected chi connectivity index (χ1v) is 6.31. The summed E-state index contributed by atoms with van der Waals surface area (Å²) in [5, 5.41) is 26.3. The van der Waals surface area contributed by atoms with Crippen molar-refractivity contribution in [1.82, 2.24) is 15.2 Å². The number of aromatic nitrogens is 2. The summed E-state index contributed by atoms with van der Waals surface area (Å²) in [7, 11) is 1.63. The molecule has 1 aromatic carbocycles. The monoisotopic (exact) mass is 338 g/mol. The number of aryl methyl sites for hydroxylation is 1. The maximum absolute atomic E-state index is 11.9. The van der Waals surface area contributed by atoms with Crippen molar-refractivity contribution in [3.8, 4) is 11.5 Å². The van der Waals surface area contributed by atoms with Crippen molar-refractivity contribution in [1.29, 1.82) is 0 Å². The Morgan fingerprint density at radius 3 is 2.85 bits per heavy atom. The molecule has 0 aliphatic carbocycles. The van der Waals surface area contributed by atoms with Gasteiger partial charge in [-0.05, 0) is 28.1 Å². The Kier molecular flexibility index (Phi) is 4.04. The molecular formula is C12H11BrN4O3. The standard InChI is InChI=1S/C12H11BrN4O3/c1-17-11(9(13)6-15-17)12(20)16-14-5-7-2-3-8(18)4-10(7)19/h2-6,18-19H,1H3,(H,16,20). The average Bonchev–Trinajstić information content (AvgIpc) is 2.71. The molecule has 0 bridgehead atoms. The first kappa shape index (κ1) is 14.1. The Bertz CT molecular complexity index is 662. The van der Waals surface area contributed by atoms with Crippen LogP contribution >= 0.6 is 15.9 Å². The molecule has 1 amide bonds. The number of carbonyl (C=O) groups excluding carboxylic acids is 1. The molecule has 0 radical (unpaired) electrons. The molecule has 0 aliphatic heterocycles. The van der Waals surface area contributed by atoms with Gasteiger partial charge >= 0.3 is 0 Å². The highest BCUT2D eigenvalue weighted by atomic mass is 79.9. The van der Waals surface area contributed by atoms with E-state index in [0.29, 0.717) is 15.7 Å². The fraction of sp³-hybridized carbons (Fsp3) is 0.0833. The second-order valence-corrected chi connectivity index (χ2v) is 4.76. The van der Waals surface area contributed by atoms with Gasteiger partial charge in [-0.15, -0.1) is 0 Å². The van der Waals surface area contributed by atoms with Crippen LogP contribution in [0.1, 0.15) is 16.1 Å². The van der Waals surface area contributed by atoms with Gasteiger partial charge < -0.3 is 10.2 Å². The lowest BCUT2D eigenvalue weighted by Gasteiger charge is -2.02. The first-order valence-electron chi connectivity index (χ1n) is 5.52. The number of hydrogen-bond donors (Lipinski definition) is 3. The molecule has 2 rings (SSSR count). The molecular weight excluding hydrogens is 328 g/mol. The van der Waals surface area contributed by atoms with E-state index in [1.54, 1.807) is 7.05 Å². The minimum atomic E-state index is -0.439. The Hall–Kier alpha value is -2.35. The zero-order valence-electron chi connectivity index (χ0n) is 10.4. The van der Waals surface area contributed by atoms with E-state index in [9.17, 15) is 9.90 Å². The van der Waals surface area contributed by atoms with Gasteiger partial charge in [0, 0.05) is 18.7 Å². The number of phenols is 2. The molecule has 3 N–H and O–H groups in total. The molecule has 0 saturated carbocycles. The number of hydrazone groups is 1. The minimum Gasteiger partial charge on any atom is -0.508 e. The van der Waals surface area contributed by atoms with Crippen LogP contribution < -0.4 is 5.43 Å². The van der Waals surface area contributed by atoms with Crippen molar-refractivity contribution < 1.29 is 15.0 Å². The summed E-state index contributed by atoms with van der Waals surface area (Å²) in [5.74, 6) is -0.626. The summed E-state index contributed by atoms with van der Waals surface area (Å²) in [4.78, 5) is 11.9. The van der Waals surface area contributed by atoms with E-state index in [-0.39, 0.29) is 11.5 Å². The molecule has 7 nitrogen and oxygen atoms in total. The van der Waals surface area contributed by atoms with Gasteiger partial charge in [-0.2, -0.15) is 10.2 Å². The Morgan fingerprint density at radius 1 is 1.50 bits per heavy atom. The number of benzene rings is 1. The van der Waals surface area contributed by atoms with Crippen molar-refractivity contribution in [3.63, 3.8) is 0 Å². The summed E-state index contributed by atoms with van der Waals surface area (Å²) >= 11 is 3.21. The number of phenolic OH excluding ortho intramolecular Hbond substituents is 2. The molecule has 0 unspecified atom stereocenters. The van der Waals surface area contributed by atoms with Gasteiger partial charge in [0.1, 0.15) is 17.2 Å². The maximum Gasteiger partial charge on any atom is 0.290 e. The van der Waals surface area contributed by atoms with Gasteiger partial charge in [0.25, 0.3) is 5.91 Å². The van der Waals surface area contributed by atoms with Gasteiger partial charge in [0.05, 0.1) is 16.9 Å². The van der Waals surface area contributed by atoms with Crippen LogP contribution in [0, 0.1) is 0 Å². The van der Waals surface area contributed by atoms with Crippen molar-refractivity contribution in [2.45, 2.75) is 0 Å². The topological polar surface area (TPSA) is 99.7 Å². The molecule has 0 aliphatic rings. The van der Waals surface area contributed by atoms with E-state index in [1.165, 1.54) is 35.3 Å². The smallest absolute Gasteiger partial charge is 0.290 e. The normalized spacial score (nSPS) is 10.9. The number of rotatable bonds is 3. The molecule has 0 spiro atoms. The number of nitrogens with one attached hydrogen (secondary N) is 1. The molecule has 0 fully saturated rings. The van der Waals surface area contributed by atoms with Gasteiger partial charge in [-0.3, -0.25) is 9.48 Å². The lowest BCUT2D eigenvalue weighted by molar-refractivity contribution is 0.0945. The van der Waals surface area contributed by atoms with Crippen LogP contribution in [0.5, 0.6) is 11.5 Å². The summed E-state index contributed by atoms with van der Waals surface area (Å²) in [6, 6.07) is 4.06. The predicted octanol–water partition coefficient (Wildman–Crippen LogP) is 1.36. The highest BCUT2D eigenvalue weighted by Gasteiger charge is 2.14. The maximum atomic E-state index is 11.9. The average molecular weight is 339 g/mol. The fourth-order valence-electron chi connectivity index (χ4n) is 1.52. The number of halogens is 1. The number of nitrogens with zero attached hydrogens (tertiary/aromatic N) is 3. The second-order valence-electron chi connectivity index (χ2n) is 3.91. The quantitative estimate of drug-likeness (QED) is 0.581. The van der Waals surface area contributed by atoms with Crippen molar-refractivity contribution in [2.75, 3.05) is 0 Å². The lowest BCUT2D eigenvalue weighted by Crippen LogP contribution is -2.21. The second kappa shape index (κ2) is 5.74. The number of hydrogen-bond acceptors (Lipinski definition) is 5. The van der Waals surface area contributed by atoms with E-state index in [2.05, 4.69) is 31.6 Å². The third kappa shape index (κ3) is 2.97. The minimum absolute atomic E-state index is 0.0532. The van der Waals surface area contributed by atoms with Gasteiger partial charge in [0.15, 0.2) is 0 Å². The van der Waals surface area contributed by atoms with Crippen LogP contribution in [-0.4, -0.2) is 32.1 Å². The fourth-order valence-corrected chi connectivity index (χ4v) is 2.05. The SMILES string of the molecule is Cn1ncc(Br)c1C(=O)NN=Cc1ccc(O)cc1O. The molecule has 1 aromatic heterocycles. The van der Waals surface area contributed by atoms with E-state index < -0.39 is 5.91 Å². The molecule has 1 heterocycles. The molecule has 104 valence electrons. The number of amides is 1. The lowest BCUT2D eigenvalue weighted by atomic mass is 10.2. The summed E-state index contributed by atoms with van der Waals surface area (Å²) in [5.41, 5.74) is 3.02. The van der Waals surface area contributed by atoms with E-state index in [1.807, 2.05) is 0 Å². The summed E-state index contributed by atoms with van der Waals surface area (Å²) in [6.45, 7) is 0. The van der Waals surface area contributed by atoms with Crippen molar-refractivity contribution in [2.24, 2.45) is 12.1 Å². The van der Waals surface area contributed by atoms with E-state index >= 15 is 0 Å². The molecule has 0 atom stereocenters. The van der Waals surface area contributed by atoms with Crippen LogP contribution in [0.15, 0.2) is 34.0 Å². The third-order valence-corrected chi connectivity index (χ3v) is 3.07. The van der Waals surface area contributed by atoms with Crippen LogP contribution in [0.3, 0.4) is 0 Å². The zero-order chi connectivity index (χ0) is 14.7. The molecule has 0 saturated heterocycles. The zero-order valence-corrected chi connectivity index (χ0v) is 12.0. The Morgan fingerprint density at radius 2 is 2.25 bits per heavy atom. The Labute approximate surface area is 122 Å². The van der Waals surface area contributed by atoms with Crippen LogP contribution in [0.4, 0.5) is 0 Å². The molecule has 2 aromatic rings. The predicted molar refractivity (Wildman–Crippen MR) is 75.7 cm³/mol. The third-order valence-electron chi connectivity index (χ3n) is 2.49. The molecule has 20 heavy (non-hydrogen) atoms. The first-order chi connectivity index (χ1) is 9.49. The largest absolute Gasteiger partial charge is 0.508 e.